The Balaban J connectivity index is 2.11. The minimum Gasteiger partial charge on any atom is -0.385 e. The van der Waals surface area contributed by atoms with Crippen molar-refractivity contribution in [3.63, 3.8) is 0 Å². The lowest BCUT2D eigenvalue weighted by Crippen LogP contribution is -2.08. The maximum Gasteiger partial charge on any atom is 0.138 e. The molecule has 17 heavy (non-hydrogen) atoms. The van der Waals surface area contributed by atoms with E-state index in [4.69, 9.17) is 11.6 Å². The third kappa shape index (κ3) is 2.50. The number of imidazole rings is 1. The van der Waals surface area contributed by atoms with Crippen LogP contribution in [0.2, 0.25) is 5.15 Å². The summed E-state index contributed by atoms with van der Waals surface area (Å²) in [4.78, 5) is 4.09. The second-order valence-corrected chi connectivity index (χ2v) is 4.31. The normalized spacial score (nSPS) is 12.9. The van der Waals surface area contributed by atoms with Crippen LogP contribution in [-0.2, 0) is 20.0 Å². The lowest BCUT2D eigenvalue weighted by atomic mass is 10.1. The highest BCUT2D eigenvalue weighted by atomic mass is 35.5. The summed E-state index contributed by atoms with van der Waals surface area (Å²) in [5, 5.41) is 14.7. The molecule has 1 unspecified atom stereocenters. The van der Waals surface area contributed by atoms with Gasteiger partial charge in [0.15, 0.2) is 0 Å². The summed E-state index contributed by atoms with van der Waals surface area (Å²) in [5.74, 6) is 0.569. The monoisotopic (exact) mass is 254 g/mol. The summed E-state index contributed by atoms with van der Waals surface area (Å²) in [6, 6.07) is 0. The molecule has 0 spiro atoms. The van der Waals surface area contributed by atoms with E-state index in [-0.39, 0.29) is 0 Å². The average molecular weight is 255 g/mol. The molecule has 2 aromatic rings. The van der Waals surface area contributed by atoms with E-state index in [1.165, 1.54) is 6.20 Å². The van der Waals surface area contributed by atoms with Gasteiger partial charge in [-0.25, -0.2) is 4.98 Å². The third-order valence-corrected chi connectivity index (χ3v) is 3.06. The quantitative estimate of drug-likeness (QED) is 0.901. The van der Waals surface area contributed by atoms with Gasteiger partial charge in [-0.2, -0.15) is 5.10 Å². The number of nitrogens with zero attached hydrogens (tertiary/aromatic N) is 4. The standard InChI is InChI=1S/C11H15ClN4O/c1-3-16-7-8(5-14-16)4-9(17)11-13-6-10(12)15(11)2/h5-7,9,17H,3-4H2,1-2H3. The van der Waals surface area contributed by atoms with Crippen molar-refractivity contribution in [2.75, 3.05) is 0 Å². The molecule has 1 atom stereocenters. The van der Waals surface area contributed by atoms with E-state index in [0.717, 1.165) is 12.1 Å². The van der Waals surface area contributed by atoms with E-state index >= 15 is 0 Å². The van der Waals surface area contributed by atoms with Crippen LogP contribution in [0.25, 0.3) is 0 Å². The van der Waals surface area contributed by atoms with Crippen molar-refractivity contribution in [1.82, 2.24) is 19.3 Å². The molecule has 2 rings (SSSR count). The number of halogens is 1. The molecule has 0 aromatic carbocycles. The fraction of sp³-hybridized carbons (Fsp3) is 0.455. The lowest BCUT2D eigenvalue weighted by molar-refractivity contribution is 0.165. The second kappa shape index (κ2) is 4.89. The molecule has 0 bridgehead atoms. The smallest absolute Gasteiger partial charge is 0.138 e. The zero-order chi connectivity index (χ0) is 12.4. The first-order chi connectivity index (χ1) is 8.11. The Morgan fingerprint density at radius 3 is 2.76 bits per heavy atom. The zero-order valence-corrected chi connectivity index (χ0v) is 10.6. The van der Waals surface area contributed by atoms with Gasteiger partial charge in [0.05, 0.1) is 12.4 Å². The van der Waals surface area contributed by atoms with E-state index in [9.17, 15) is 5.11 Å². The van der Waals surface area contributed by atoms with Crippen LogP contribution in [0.1, 0.15) is 24.4 Å². The Kier molecular flexibility index (Phi) is 3.49. The summed E-state index contributed by atoms with van der Waals surface area (Å²) >= 11 is 5.88. The summed E-state index contributed by atoms with van der Waals surface area (Å²) in [6.07, 6.45) is 5.05. The number of aliphatic hydroxyl groups is 1. The second-order valence-electron chi connectivity index (χ2n) is 3.92. The van der Waals surface area contributed by atoms with Crippen LogP contribution < -0.4 is 0 Å². The third-order valence-electron chi connectivity index (χ3n) is 2.71. The summed E-state index contributed by atoms with van der Waals surface area (Å²) < 4.78 is 3.50. The number of aliphatic hydroxyl groups excluding tert-OH is 1. The summed E-state index contributed by atoms with van der Waals surface area (Å²) in [6.45, 7) is 2.84. The predicted molar refractivity (Wildman–Crippen MR) is 64.8 cm³/mol. The number of rotatable bonds is 4. The van der Waals surface area contributed by atoms with E-state index in [2.05, 4.69) is 10.1 Å². The number of hydrogen-bond donors (Lipinski definition) is 1. The van der Waals surface area contributed by atoms with Crippen molar-refractivity contribution in [3.05, 3.63) is 35.1 Å². The van der Waals surface area contributed by atoms with Gasteiger partial charge in [-0.15, -0.1) is 0 Å². The molecule has 0 saturated carbocycles. The minimum atomic E-state index is -0.665. The van der Waals surface area contributed by atoms with Crippen molar-refractivity contribution in [3.8, 4) is 0 Å². The first-order valence-electron chi connectivity index (χ1n) is 5.48. The molecule has 5 nitrogen and oxygen atoms in total. The Morgan fingerprint density at radius 1 is 1.47 bits per heavy atom. The lowest BCUT2D eigenvalue weighted by Gasteiger charge is -2.09. The molecule has 92 valence electrons. The van der Waals surface area contributed by atoms with E-state index in [1.807, 2.05) is 17.8 Å². The highest BCUT2D eigenvalue weighted by molar-refractivity contribution is 6.29. The summed E-state index contributed by atoms with van der Waals surface area (Å²) in [7, 11) is 1.78. The predicted octanol–water partition coefficient (Wildman–Crippen LogP) is 1.57. The van der Waals surface area contributed by atoms with Gasteiger partial charge >= 0.3 is 0 Å². The van der Waals surface area contributed by atoms with Gasteiger partial charge in [0, 0.05) is 26.2 Å². The first kappa shape index (κ1) is 12.1. The molecule has 0 aliphatic heterocycles. The van der Waals surface area contributed by atoms with Crippen LogP contribution in [-0.4, -0.2) is 24.4 Å². The topological polar surface area (TPSA) is 55.9 Å². The Hall–Kier alpha value is -1.33. The highest BCUT2D eigenvalue weighted by Crippen LogP contribution is 2.19. The van der Waals surface area contributed by atoms with Crippen molar-refractivity contribution < 1.29 is 5.11 Å². The Labute approximate surface area is 105 Å². The number of aromatic nitrogens is 4. The molecule has 0 aliphatic rings. The molecule has 0 fully saturated rings. The molecule has 0 aliphatic carbocycles. The van der Waals surface area contributed by atoms with Crippen LogP contribution in [0.15, 0.2) is 18.6 Å². The van der Waals surface area contributed by atoms with E-state index < -0.39 is 6.10 Å². The van der Waals surface area contributed by atoms with Crippen LogP contribution in [0.3, 0.4) is 0 Å². The maximum absolute atomic E-state index is 10.1. The van der Waals surface area contributed by atoms with Crippen molar-refractivity contribution in [2.45, 2.75) is 26.0 Å². The molecule has 0 amide bonds. The Bertz CT molecular complexity index is 505. The van der Waals surface area contributed by atoms with Crippen molar-refractivity contribution in [2.24, 2.45) is 7.05 Å². The molecule has 2 aromatic heterocycles. The van der Waals surface area contributed by atoms with Gasteiger partial charge in [-0.3, -0.25) is 4.68 Å². The average Bonchev–Trinajstić information content (AvgIpc) is 2.88. The molecule has 1 N–H and O–H groups in total. The van der Waals surface area contributed by atoms with Gasteiger partial charge in [0.25, 0.3) is 0 Å². The first-order valence-corrected chi connectivity index (χ1v) is 5.86. The van der Waals surface area contributed by atoms with Crippen LogP contribution in [0, 0.1) is 0 Å². The molecular weight excluding hydrogens is 240 g/mol. The van der Waals surface area contributed by atoms with Crippen molar-refractivity contribution >= 4 is 11.6 Å². The van der Waals surface area contributed by atoms with E-state index in [1.54, 1.807) is 17.8 Å². The molecular formula is C11H15ClN4O. The van der Waals surface area contributed by atoms with Gasteiger partial charge in [-0.05, 0) is 12.5 Å². The Morgan fingerprint density at radius 2 is 2.24 bits per heavy atom. The van der Waals surface area contributed by atoms with Crippen LogP contribution in [0.4, 0.5) is 0 Å². The van der Waals surface area contributed by atoms with Gasteiger partial charge < -0.3 is 9.67 Å². The highest BCUT2D eigenvalue weighted by Gasteiger charge is 2.16. The molecule has 2 heterocycles. The minimum absolute atomic E-state index is 0.487. The fourth-order valence-electron chi connectivity index (χ4n) is 1.71. The number of aryl methyl sites for hydroxylation is 1. The molecule has 0 radical (unpaired) electrons. The summed E-state index contributed by atoms with van der Waals surface area (Å²) in [5.41, 5.74) is 0.985. The zero-order valence-electron chi connectivity index (χ0n) is 9.84. The van der Waals surface area contributed by atoms with Gasteiger partial charge in [0.1, 0.15) is 17.1 Å². The molecule has 0 saturated heterocycles. The van der Waals surface area contributed by atoms with Gasteiger partial charge in [0.2, 0.25) is 0 Å². The fourth-order valence-corrected chi connectivity index (χ4v) is 1.85. The van der Waals surface area contributed by atoms with Crippen LogP contribution in [0.5, 0.6) is 0 Å². The van der Waals surface area contributed by atoms with E-state index in [0.29, 0.717) is 17.4 Å². The largest absolute Gasteiger partial charge is 0.385 e. The molecule has 6 heteroatoms. The number of hydrogen-bond acceptors (Lipinski definition) is 3. The maximum atomic E-state index is 10.1. The van der Waals surface area contributed by atoms with Crippen molar-refractivity contribution in [1.29, 1.82) is 0 Å². The SMILES string of the molecule is CCn1cc(CC(O)c2ncc(Cl)n2C)cn1. The van der Waals surface area contributed by atoms with Crippen LogP contribution >= 0.6 is 11.6 Å². The van der Waals surface area contributed by atoms with Gasteiger partial charge in [-0.1, -0.05) is 11.6 Å².